The highest BCUT2D eigenvalue weighted by atomic mass is 16.1. The lowest BCUT2D eigenvalue weighted by Gasteiger charge is -2.27. The third-order valence-electron chi connectivity index (χ3n) is 3.87. The van der Waals surface area contributed by atoms with Crippen LogP contribution in [0.15, 0.2) is 36.4 Å². The fourth-order valence-electron chi connectivity index (χ4n) is 2.57. The number of nitrogens with zero attached hydrogens (tertiary/aromatic N) is 3. The zero-order valence-corrected chi connectivity index (χ0v) is 12.7. The summed E-state index contributed by atoms with van der Waals surface area (Å²) in [6, 6.07) is 11.3. The number of anilines is 2. The fourth-order valence-corrected chi connectivity index (χ4v) is 2.57. The second-order valence-corrected chi connectivity index (χ2v) is 5.64. The van der Waals surface area contributed by atoms with E-state index in [1.165, 1.54) is 19.3 Å². The Kier molecular flexibility index (Phi) is 4.32. The van der Waals surface area contributed by atoms with E-state index >= 15 is 0 Å². The smallest absolute Gasteiger partial charge is 0.276 e. The van der Waals surface area contributed by atoms with Gasteiger partial charge in [0, 0.05) is 18.8 Å². The molecule has 22 heavy (non-hydrogen) atoms. The number of hydrogen-bond donors (Lipinski definition) is 1. The number of piperidine rings is 1. The van der Waals surface area contributed by atoms with E-state index in [2.05, 4.69) is 20.4 Å². The molecule has 3 rings (SSSR count). The standard InChI is InChI=1S/C17H20N4O/c1-13-5-7-14(8-6-13)18-17(22)15-9-10-16(20-19-15)21-11-3-2-4-12-21/h5-10H,2-4,11-12H2,1H3,(H,18,22). The first-order valence-corrected chi connectivity index (χ1v) is 7.69. The summed E-state index contributed by atoms with van der Waals surface area (Å²) >= 11 is 0. The van der Waals surface area contributed by atoms with Gasteiger partial charge >= 0.3 is 0 Å². The summed E-state index contributed by atoms with van der Waals surface area (Å²) in [5.41, 5.74) is 2.25. The first-order valence-electron chi connectivity index (χ1n) is 7.69. The molecule has 0 unspecified atom stereocenters. The summed E-state index contributed by atoms with van der Waals surface area (Å²) in [7, 11) is 0. The van der Waals surface area contributed by atoms with Gasteiger partial charge in [0.1, 0.15) is 0 Å². The van der Waals surface area contributed by atoms with Gasteiger partial charge in [-0.3, -0.25) is 4.79 Å². The second-order valence-electron chi connectivity index (χ2n) is 5.64. The Morgan fingerprint density at radius 1 is 1.00 bits per heavy atom. The number of rotatable bonds is 3. The molecular formula is C17H20N4O. The Hall–Kier alpha value is -2.43. The van der Waals surface area contributed by atoms with Gasteiger partial charge in [-0.1, -0.05) is 17.7 Å². The van der Waals surface area contributed by atoms with Crippen molar-refractivity contribution in [1.29, 1.82) is 0 Å². The minimum Gasteiger partial charge on any atom is -0.355 e. The molecule has 1 N–H and O–H groups in total. The van der Waals surface area contributed by atoms with Crippen molar-refractivity contribution in [3.63, 3.8) is 0 Å². The molecule has 0 atom stereocenters. The monoisotopic (exact) mass is 296 g/mol. The van der Waals surface area contributed by atoms with Crippen molar-refractivity contribution in [2.75, 3.05) is 23.3 Å². The van der Waals surface area contributed by atoms with Crippen LogP contribution in [0.25, 0.3) is 0 Å². The van der Waals surface area contributed by atoms with Gasteiger partial charge < -0.3 is 10.2 Å². The van der Waals surface area contributed by atoms with Gasteiger partial charge in [-0.2, -0.15) is 0 Å². The number of benzene rings is 1. The van der Waals surface area contributed by atoms with Crippen LogP contribution in [0.5, 0.6) is 0 Å². The highest BCUT2D eigenvalue weighted by Gasteiger charge is 2.14. The Bertz CT molecular complexity index is 631. The van der Waals surface area contributed by atoms with Crippen LogP contribution < -0.4 is 10.2 Å². The van der Waals surface area contributed by atoms with Crippen molar-refractivity contribution in [1.82, 2.24) is 10.2 Å². The van der Waals surface area contributed by atoms with Gasteiger partial charge in [-0.15, -0.1) is 10.2 Å². The van der Waals surface area contributed by atoms with Crippen LogP contribution in [0, 0.1) is 6.92 Å². The van der Waals surface area contributed by atoms with E-state index in [9.17, 15) is 4.79 Å². The molecule has 2 heterocycles. The van der Waals surface area contributed by atoms with Gasteiger partial charge in [0.05, 0.1) is 0 Å². The lowest BCUT2D eigenvalue weighted by Crippen LogP contribution is -2.30. The van der Waals surface area contributed by atoms with Crippen molar-refractivity contribution in [2.24, 2.45) is 0 Å². The average molecular weight is 296 g/mol. The summed E-state index contributed by atoms with van der Waals surface area (Å²) in [6.45, 7) is 4.05. The largest absolute Gasteiger partial charge is 0.355 e. The fraction of sp³-hybridized carbons (Fsp3) is 0.353. The maximum Gasteiger partial charge on any atom is 0.276 e. The Labute approximate surface area is 130 Å². The molecule has 114 valence electrons. The molecule has 2 aromatic rings. The summed E-state index contributed by atoms with van der Waals surface area (Å²) in [4.78, 5) is 14.4. The van der Waals surface area contributed by atoms with Gasteiger partial charge in [-0.25, -0.2) is 0 Å². The van der Waals surface area contributed by atoms with Gasteiger partial charge in [0.2, 0.25) is 0 Å². The van der Waals surface area contributed by atoms with Crippen molar-refractivity contribution < 1.29 is 4.79 Å². The number of aromatic nitrogens is 2. The molecule has 1 aliphatic heterocycles. The number of amides is 1. The molecule has 1 aromatic carbocycles. The molecule has 0 bridgehead atoms. The molecule has 0 radical (unpaired) electrons. The summed E-state index contributed by atoms with van der Waals surface area (Å²) in [5, 5.41) is 11.1. The highest BCUT2D eigenvalue weighted by molar-refractivity contribution is 6.02. The molecule has 0 aliphatic carbocycles. The van der Waals surface area contributed by atoms with E-state index < -0.39 is 0 Å². The Balaban J connectivity index is 1.66. The van der Waals surface area contributed by atoms with Crippen molar-refractivity contribution in [3.8, 4) is 0 Å². The predicted molar refractivity (Wildman–Crippen MR) is 87.2 cm³/mol. The topological polar surface area (TPSA) is 58.1 Å². The molecule has 1 fully saturated rings. The summed E-state index contributed by atoms with van der Waals surface area (Å²) in [5.74, 6) is 0.619. The molecule has 0 spiro atoms. The molecule has 1 aromatic heterocycles. The molecular weight excluding hydrogens is 276 g/mol. The van der Waals surface area contributed by atoms with Crippen LogP contribution in [-0.2, 0) is 0 Å². The van der Waals surface area contributed by atoms with E-state index in [0.29, 0.717) is 5.69 Å². The average Bonchev–Trinajstić information content (AvgIpc) is 2.58. The zero-order chi connectivity index (χ0) is 15.4. The molecule has 1 saturated heterocycles. The molecule has 1 amide bonds. The van der Waals surface area contributed by atoms with Crippen LogP contribution in [0.2, 0.25) is 0 Å². The summed E-state index contributed by atoms with van der Waals surface area (Å²) in [6.07, 6.45) is 3.66. The van der Waals surface area contributed by atoms with Crippen LogP contribution in [0.1, 0.15) is 35.3 Å². The third kappa shape index (κ3) is 3.42. The quantitative estimate of drug-likeness (QED) is 0.946. The molecule has 0 saturated carbocycles. The van der Waals surface area contributed by atoms with Crippen molar-refractivity contribution in [2.45, 2.75) is 26.2 Å². The van der Waals surface area contributed by atoms with Gasteiger partial charge in [-0.05, 0) is 50.5 Å². The molecule has 5 heteroatoms. The number of carbonyl (C=O) groups is 1. The normalized spacial score (nSPS) is 14.7. The Morgan fingerprint density at radius 3 is 2.36 bits per heavy atom. The molecule has 1 aliphatic rings. The van der Waals surface area contributed by atoms with Crippen molar-refractivity contribution in [3.05, 3.63) is 47.7 Å². The lowest BCUT2D eigenvalue weighted by molar-refractivity contribution is 0.102. The molecule has 5 nitrogen and oxygen atoms in total. The summed E-state index contributed by atoms with van der Waals surface area (Å²) < 4.78 is 0. The highest BCUT2D eigenvalue weighted by Crippen LogP contribution is 2.17. The minimum atomic E-state index is -0.235. The van der Waals surface area contributed by atoms with Crippen LogP contribution in [0.4, 0.5) is 11.5 Å². The van der Waals surface area contributed by atoms with E-state index in [1.54, 1.807) is 6.07 Å². The van der Waals surface area contributed by atoms with Crippen LogP contribution in [-0.4, -0.2) is 29.2 Å². The number of hydrogen-bond acceptors (Lipinski definition) is 4. The minimum absolute atomic E-state index is 0.235. The first-order chi connectivity index (χ1) is 10.7. The van der Waals surface area contributed by atoms with Crippen molar-refractivity contribution >= 4 is 17.4 Å². The zero-order valence-electron chi connectivity index (χ0n) is 12.7. The van der Waals surface area contributed by atoms with E-state index in [-0.39, 0.29) is 5.91 Å². The van der Waals surface area contributed by atoms with Gasteiger partial charge in [0.25, 0.3) is 5.91 Å². The first kappa shape index (κ1) is 14.5. The predicted octanol–water partition coefficient (Wildman–Crippen LogP) is 3.03. The van der Waals surface area contributed by atoms with Crippen LogP contribution in [0.3, 0.4) is 0 Å². The van der Waals surface area contributed by atoms with Crippen LogP contribution >= 0.6 is 0 Å². The lowest BCUT2D eigenvalue weighted by atomic mass is 10.1. The number of aryl methyl sites for hydroxylation is 1. The number of nitrogens with one attached hydrogen (secondary N) is 1. The maximum absolute atomic E-state index is 12.2. The van der Waals surface area contributed by atoms with E-state index in [1.807, 2.05) is 37.3 Å². The maximum atomic E-state index is 12.2. The third-order valence-corrected chi connectivity index (χ3v) is 3.87. The van der Waals surface area contributed by atoms with Gasteiger partial charge in [0.15, 0.2) is 11.5 Å². The SMILES string of the molecule is Cc1ccc(NC(=O)c2ccc(N3CCCCC3)nn2)cc1. The van der Waals surface area contributed by atoms with E-state index in [0.717, 1.165) is 30.2 Å². The number of carbonyl (C=O) groups excluding carboxylic acids is 1. The second kappa shape index (κ2) is 6.56. The Morgan fingerprint density at radius 2 is 1.73 bits per heavy atom. The van der Waals surface area contributed by atoms with E-state index in [4.69, 9.17) is 0 Å².